The van der Waals surface area contributed by atoms with Crippen LogP contribution in [-0.2, 0) is 6.42 Å². The van der Waals surface area contributed by atoms with Gasteiger partial charge in [-0.1, -0.05) is 0 Å². The van der Waals surface area contributed by atoms with Crippen molar-refractivity contribution >= 4 is 0 Å². The Bertz CT molecular complexity index is 398. The van der Waals surface area contributed by atoms with Crippen LogP contribution in [-0.4, -0.2) is 16.5 Å². The zero-order chi connectivity index (χ0) is 9.80. The van der Waals surface area contributed by atoms with Crippen LogP contribution in [0.1, 0.15) is 5.56 Å². The van der Waals surface area contributed by atoms with E-state index in [1.54, 1.807) is 12.4 Å². The first kappa shape index (κ1) is 8.90. The van der Waals surface area contributed by atoms with Crippen LogP contribution in [0.5, 0.6) is 0 Å². The van der Waals surface area contributed by atoms with E-state index in [4.69, 9.17) is 10.2 Å². The molecule has 0 saturated heterocycles. The fraction of sp³-hybridized carbons (Fsp3) is 0.200. The summed E-state index contributed by atoms with van der Waals surface area (Å²) in [7, 11) is 0. The third-order valence-electron chi connectivity index (χ3n) is 2.02. The van der Waals surface area contributed by atoms with Crippen molar-refractivity contribution < 1.29 is 4.42 Å². The van der Waals surface area contributed by atoms with Crippen LogP contribution < -0.4 is 5.73 Å². The monoisotopic (exact) mass is 189 g/mol. The van der Waals surface area contributed by atoms with Gasteiger partial charge in [0.1, 0.15) is 0 Å². The fourth-order valence-corrected chi connectivity index (χ4v) is 1.37. The number of hydrogen-bond donors (Lipinski definition) is 1. The summed E-state index contributed by atoms with van der Waals surface area (Å²) >= 11 is 0. The normalized spacial score (nSPS) is 10.4. The molecule has 0 spiro atoms. The summed E-state index contributed by atoms with van der Waals surface area (Å²) in [5.74, 6) is 0.760. The van der Waals surface area contributed by atoms with Gasteiger partial charge in [0.25, 0.3) is 0 Å². The van der Waals surface area contributed by atoms with Crippen molar-refractivity contribution in [2.24, 2.45) is 5.73 Å². The second kappa shape index (κ2) is 4.02. The Kier molecular flexibility index (Phi) is 2.55. The Hall–Kier alpha value is -1.68. The summed E-state index contributed by atoms with van der Waals surface area (Å²) in [6.07, 6.45) is 7.45. The highest BCUT2D eigenvalue weighted by atomic mass is 16.3. The molecule has 0 aromatic carbocycles. The lowest BCUT2D eigenvalue weighted by Gasteiger charge is -2.03. The van der Waals surface area contributed by atoms with Gasteiger partial charge in [0.2, 0.25) is 0 Å². The van der Waals surface area contributed by atoms with Crippen LogP contribution in [0.4, 0.5) is 0 Å². The first-order valence-corrected chi connectivity index (χ1v) is 4.43. The van der Waals surface area contributed by atoms with Crippen molar-refractivity contribution in [3.05, 3.63) is 36.6 Å². The van der Waals surface area contributed by atoms with Crippen molar-refractivity contribution in [2.75, 3.05) is 6.54 Å². The summed E-state index contributed by atoms with van der Waals surface area (Å²) < 4.78 is 5.23. The van der Waals surface area contributed by atoms with Crippen LogP contribution in [0.3, 0.4) is 0 Å². The third kappa shape index (κ3) is 1.65. The average molecular weight is 189 g/mol. The minimum Gasteiger partial charge on any atom is -0.444 e. The smallest absolute Gasteiger partial charge is 0.181 e. The van der Waals surface area contributed by atoms with E-state index < -0.39 is 0 Å². The predicted octanol–water partition coefficient (Wildman–Crippen LogP) is 1.24. The summed E-state index contributed by atoms with van der Waals surface area (Å²) in [6, 6.07) is 1.91. The molecule has 0 atom stereocenters. The lowest BCUT2D eigenvalue weighted by atomic mass is 10.1. The van der Waals surface area contributed by atoms with Crippen LogP contribution in [0.2, 0.25) is 0 Å². The van der Waals surface area contributed by atoms with E-state index in [1.807, 2.05) is 12.3 Å². The number of hydrogen-bond acceptors (Lipinski definition) is 4. The Morgan fingerprint density at radius 2 is 2.21 bits per heavy atom. The molecule has 0 aliphatic rings. The van der Waals surface area contributed by atoms with E-state index in [-0.39, 0.29) is 0 Å². The molecule has 0 radical (unpaired) electrons. The van der Waals surface area contributed by atoms with Crippen LogP contribution in [0.15, 0.2) is 35.5 Å². The first-order valence-electron chi connectivity index (χ1n) is 4.43. The van der Waals surface area contributed by atoms with Gasteiger partial charge in [-0.05, 0) is 24.6 Å². The van der Waals surface area contributed by atoms with Gasteiger partial charge in [0.15, 0.2) is 12.2 Å². The summed E-state index contributed by atoms with van der Waals surface area (Å²) in [6.45, 7) is 0.604. The lowest BCUT2D eigenvalue weighted by Crippen LogP contribution is -2.04. The maximum atomic E-state index is 5.51. The molecule has 4 nitrogen and oxygen atoms in total. The molecule has 2 aromatic heterocycles. The second-order valence-corrected chi connectivity index (χ2v) is 2.94. The maximum Gasteiger partial charge on any atom is 0.181 e. The molecule has 0 saturated carbocycles. The highest BCUT2D eigenvalue weighted by molar-refractivity contribution is 5.60. The van der Waals surface area contributed by atoms with Crippen molar-refractivity contribution in [3.8, 4) is 11.3 Å². The van der Waals surface area contributed by atoms with Gasteiger partial charge in [0, 0.05) is 18.0 Å². The maximum absolute atomic E-state index is 5.51. The topological polar surface area (TPSA) is 64.9 Å². The number of pyridine rings is 1. The van der Waals surface area contributed by atoms with Crippen molar-refractivity contribution in [2.45, 2.75) is 6.42 Å². The lowest BCUT2D eigenvalue weighted by molar-refractivity contribution is 0.571. The quantitative estimate of drug-likeness (QED) is 0.788. The molecule has 0 amide bonds. The molecule has 0 fully saturated rings. The molecule has 2 aromatic rings. The van der Waals surface area contributed by atoms with Gasteiger partial charge in [-0.2, -0.15) is 0 Å². The van der Waals surface area contributed by atoms with Gasteiger partial charge in [-0.15, -0.1) is 0 Å². The van der Waals surface area contributed by atoms with Crippen LogP contribution >= 0.6 is 0 Å². The number of nitrogens with two attached hydrogens (primary N) is 1. The standard InChI is InChI=1S/C10H11N3O/c11-3-1-8-5-12-4-2-9(8)10-6-13-7-14-10/h2,4-7H,1,3,11H2. The van der Waals surface area contributed by atoms with Crippen LogP contribution in [0.25, 0.3) is 11.3 Å². The SMILES string of the molecule is NCCc1cnccc1-c1cnco1. The van der Waals surface area contributed by atoms with E-state index in [9.17, 15) is 0 Å². The molecule has 0 aliphatic carbocycles. The van der Waals surface area contributed by atoms with E-state index in [0.717, 1.165) is 23.3 Å². The minimum absolute atomic E-state index is 0.604. The average Bonchev–Trinajstić information content (AvgIpc) is 2.72. The Morgan fingerprint density at radius 1 is 1.29 bits per heavy atom. The minimum atomic E-state index is 0.604. The van der Waals surface area contributed by atoms with Crippen LogP contribution in [0, 0.1) is 0 Å². The Balaban J connectivity index is 2.42. The first-order chi connectivity index (χ1) is 6.92. The van der Waals surface area contributed by atoms with Gasteiger partial charge in [-0.3, -0.25) is 4.98 Å². The van der Waals surface area contributed by atoms with Gasteiger partial charge < -0.3 is 10.2 Å². The molecule has 0 aliphatic heterocycles. The molecule has 14 heavy (non-hydrogen) atoms. The Morgan fingerprint density at radius 3 is 2.93 bits per heavy atom. The highest BCUT2D eigenvalue weighted by Crippen LogP contribution is 2.22. The molecule has 2 rings (SSSR count). The molecule has 2 heterocycles. The molecule has 72 valence electrons. The van der Waals surface area contributed by atoms with E-state index in [0.29, 0.717) is 6.54 Å². The van der Waals surface area contributed by atoms with E-state index >= 15 is 0 Å². The van der Waals surface area contributed by atoms with Gasteiger partial charge in [0.05, 0.1) is 6.20 Å². The Labute approximate surface area is 81.8 Å². The molecule has 0 unspecified atom stereocenters. The van der Waals surface area contributed by atoms with E-state index in [1.165, 1.54) is 6.39 Å². The van der Waals surface area contributed by atoms with Crippen molar-refractivity contribution in [3.63, 3.8) is 0 Å². The predicted molar refractivity (Wildman–Crippen MR) is 52.5 cm³/mol. The van der Waals surface area contributed by atoms with E-state index in [2.05, 4.69) is 9.97 Å². The second-order valence-electron chi connectivity index (χ2n) is 2.94. The largest absolute Gasteiger partial charge is 0.444 e. The summed E-state index contributed by atoms with van der Waals surface area (Å²) in [5, 5.41) is 0. The number of aromatic nitrogens is 2. The number of rotatable bonds is 3. The van der Waals surface area contributed by atoms with Gasteiger partial charge >= 0.3 is 0 Å². The molecule has 2 N–H and O–H groups in total. The zero-order valence-electron chi connectivity index (χ0n) is 7.68. The number of oxazole rings is 1. The van der Waals surface area contributed by atoms with Gasteiger partial charge in [-0.25, -0.2) is 4.98 Å². The summed E-state index contributed by atoms with van der Waals surface area (Å²) in [5.41, 5.74) is 7.62. The fourth-order valence-electron chi connectivity index (χ4n) is 1.37. The highest BCUT2D eigenvalue weighted by Gasteiger charge is 2.06. The zero-order valence-corrected chi connectivity index (χ0v) is 7.68. The molecular formula is C10H11N3O. The molecule has 4 heteroatoms. The van der Waals surface area contributed by atoms with Crippen molar-refractivity contribution in [1.29, 1.82) is 0 Å². The van der Waals surface area contributed by atoms with Crippen molar-refractivity contribution in [1.82, 2.24) is 9.97 Å². The molecule has 0 bridgehead atoms. The molecular weight excluding hydrogens is 178 g/mol. The third-order valence-corrected chi connectivity index (χ3v) is 2.02. The summed E-state index contributed by atoms with van der Waals surface area (Å²) in [4.78, 5) is 7.94. The number of nitrogens with zero attached hydrogens (tertiary/aromatic N) is 2.